The summed E-state index contributed by atoms with van der Waals surface area (Å²) in [4.78, 5) is 4.18. The average molecular weight is 165 g/mol. The summed E-state index contributed by atoms with van der Waals surface area (Å²) in [5.41, 5.74) is 12.0. The van der Waals surface area contributed by atoms with Crippen molar-refractivity contribution in [3.05, 3.63) is 30.1 Å². The standard InChI is InChI=1S/C9H15N3/c1-9(11,7-10)6-8-4-2-3-5-12-8/h2-5H,6-7,10-11H2,1H3. The Labute approximate surface area is 72.8 Å². The number of aromatic nitrogens is 1. The van der Waals surface area contributed by atoms with Gasteiger partial charge in [-0.2, -0.15) is 0 Å². The van der Waals surface area contributed by atoms with Gasteiger partial charge in [0.2, 0.25) is 0 Å². The second-order valence-corrected chi connectivity index (χ2v) is 3.36. The van der Waals surface area contributed by atoms with Crippen molar-refractivity contribution in [3.63, 3.8) is 0 Å². The highest BCUT2D eigenvalue weighted by atomic mass is 14.8. The van der Waals surface area contributed by atoms with Crippen molar-refractivity contribution in [3.8, 4) is 0 Å². The molecule has 4 N–H and O–H groups in total. The zero-order valence-corrected chi connectivity index (χ0v) is 7.33. The number of pyridine rings is 1. The Kier molecular flexibility index (Phi) is 2.78. The van der Waals surface area contributed by atoms with Crippen LogP contribution in [0.25, 0.3) is 0 Å². The van der Waals surface area contributed by atoms with Gasteiger partial charge >= 0.3 is 0 Å². The molecule has 0 aliphatic heterocycles. The average Bonchev–Trinajstić information content (AvgIpc) is 2.06. The van der Waals surface area contributed by atoms with Crippen LogP contribution in [0.15, 0.2) is 24.4 Å². The monoisotopic (exact) mass is 165 g/mol. The van der Waals surface area contributed by atoms with Crippen LogP contribution in [0.5, 0.6) is 0 Å². The molecule has 1 rings (SSSR count). The minimum absolute atomic E-state index is 0.339. The first-order chi connectivity index (χ1) is 5.64. The van der Waals surface area contributed by atoms with E-state index < -0.39 is 0 Å². The molecule has 1 aromatic rings. The highest BCUT2D eigenvalue weighted by molar-refractivity contribution is 5.07. The van der Waals surface area contributed by atoms with Crippen LogP contribution in [0, 0.1) is 0 Å². The Morgan fingerprint density at radius 1 is 1.50 bits per heavy atom. The summed E-state index contributed by atoms with van der Waals surface area (Å²) in [6.07, 6.45) is 2.49. The quantitative estimate of drug-likeness (QED) is 0.677. The molecule has 0 amide bonds. The third kappa shape index (κ3) is 2.60. The maximum Gasteiger partial charge on any atom is 0.0422 e. The maximum absolute atomic E-state index is 5.88. The lowest BCUT2D eigenvalue weighted by molar-refractivity contribution is 0.472. The summed E-state index contributed by atoms with van der Waals surface area (Å²) in [6.45, 7) is 2.41. The first-order valence-electron chi connectivity index (χ1n) is 4.03. The third-order valence-electron chi connectivity index (χ3n) is 1.78. The van der Waals surface area contributed by atoms with Crippen LogP contribution in [-0.2, 0) is 6.42 Å². The van der Waals surface area contributed by atoms with Gasteiger partial charge in [0.25, 0.3) is 0 Å². The molecule has 0 radical (unpaired) electrons. The Hall–Kier alpha value is -0.930. The molecule has 12 heavy (non-hydrogen) atoms. The molecule has 1 aromatic heterocycles. The summed E-state index contributed by atoms with van der Waals surface area (Å²) in [5, 5.41) is 0. The molecule has 66 valence electrons. The Morgan fingerprint density at radius 2 is 2.25 bits per heavy atom. The largest absolute Gasteiger partial charge is 0.329 e. The van der Waals surface area contributed by atoms with E-state index in [9.17, 15) is 0 Å². The fourth-order valence-electron chi connectivity index (χ4n) is 0.989. The van der Waals surface area contributed by atoms with Crippen LogP contribution in [0.4, 0.5) is 0 Å². The molecular formula is C9H15N3. The van der Waals surface area contributed by atoms with Gasteiger partial charge in [0, 0.05) is 30.4 Å². The Bertz CT molecular complexity index is 231. The molecule has 0 saturated heterocycles. The molecule has 0 aliphatic carbocycles. The zero-order valence-electron chi connectivity index (χ0n) is 7.33. The van der Waals surface area contributed by atoms with Crippen LogP contribution in [0.3, 0.4) is 0 Å². The van der Waals surface area contributed by atoms with E-state index in [2.05, 4.69) is 4.98 Å². The van der Waals surface area contributed by atoms with Crippen LogP contribution in [0.2, 0.25) is 0 Å². The van der Waals surface area contributed by atoms with Crippen LogP contribution in [0.1, 0.15) is 12.6 Å². The number of nitrogens with two attached hydrogens (primary N) is 2. The minimum Gasteiger partial charge on any atom is -0.329 e. The van der Waals surface area contributed by atoms with E-state index in [1.807, 2.05) is 25.1 Å². The van der Waals surface area contributed by atoms with E-state index >= 15 is 0 Å². The van der Waals surface area contributed by atoms with Crippen LogP contribution >= 0.6 is 0 Å². The van der Waals surface area contributed by atoms with E-state index in [1.165, 1.54) is 0 Å². The normalized spacial score (nSPS) is 15.6. The molecule has 0 aliphatic rings. The van der Waals surface area contributed by atoms with E-state index in [-0.39, 0.29) is 5.54 Å². The van der Waals surface area contributed by atoms with Crippen LogP contribution in [-0.4, -0.2) is 17.1 Å². The second-order valence-electron chi connectivity index (χ2n) is 3.36. The van der Waals surface area contributed by atoms with Crippen molar-refractivity contribution in [2.75, 3.05) is 6.54 Å². The molecule has 0 bridgehead atoms. The highest BCUT2D eigenvalue weighted by Crippen LogP contribution is 2.05. The van der Waals surface area contributed by atoms with Gasteiger partial charge in [-0.05, 0) is 19.1 Å². The SMILES string of the molecule is CC(N)(CN)Cc1ccccn1. The Balaban J connectivity index is 2.64. The molecule has 0 aromatic carbocycles. The molecule has 3 nitrogen and oxygen atoms in total. The van der Waals surface area contributed by atoms with E-state index in [0.29, 0.717) is 6.54 Å². The highest BCUT2D eigenvalue weighted by Gasteiger charge is 2.16. The summed E-state index contributed by atoms with van der Waals surface area (Å²) in [5.74, 6) is 0. The van der Waals surface area contributed by atoms with Gasteiger partial charge in [0.15, 0.2) is 0 Å². The van der Waals surface area contributed by atoms with Gasteiger partial charge in [-0.1, -0.05) is 6.07 Å². The lowest BCUT2D eigenvalue weighted by Crippen LogP contribution is -2.46. The third-order valence-corrected chi connectivity index (χ3v) is 1.78. The van der Waals surface area contributed by atoms with Crippen molar-refractivity contribution in [1.82, 2.24) is 4.98 Å². The summed E-state index contributed by atoms with van der Waals surface area (Å²) >= 11 is 0. The molecule has 1 heterocycles. The fourth-order valence-corrected chi connectivity index (χ4v) is 0.989. The summed E-state index contributed by atoms with van der Waals surface area (Å²) < 4.78 is 0. The molecular weight excluding hydrogens is 150 g/mol. The lowest BCUT2D eigenvalue weighted by Gasteiger charge is -2.21. The van der Waals surface area contributed by atoms with Crippen molar-refractivity contribution in [1.29, 1.82) is 0 Å². The summed E-state index contributed by atoms with van der Waals surface area (Å²) in [7, 11) is 0. The molecule has 0 saturated carbocycles. The van der Waals surface area contributed by atoms with Crippen molar-refractivity contribution in [2.45, 2.75) is 18.9 Å². The molecule has 0 spiro atoms. The molecule has 1 unspecified atom stereocenters. The lowest BCUT2D eigenvalue weighted by atomic mass is 9.97. The van der Waals surface area contributed by atoms with E-state index in [1.54, 1.807) is 6.20 Å². The number of rotatable bonds is 3. The minimum atomic E-state index is -0.339. The summed E-state index contributed by atoms with van der Waals surface area (Å²) in [6, 6.07) is 5.80. The predicted octanol–water partition coefficient (Wildman–Crippen LogP) is 0.300. The smallest absolute Gasteiger partial charge is 0.0422 e. The van der Waals surface area contributed by atoms with Crippen molar-refractivity contribution < 1.29 is 0 Å². The molecule has 0 fully saturated rings. The molecule has 3 heteroatoms. The van der Waals surface area contributed by atoms with E-state index in [4.69, 9.17) is 11.5 Å². The zero-order chi connectivity index (χ0) is 9.03. The predicted molar refractivity (Wildman–Crippen MR) is 49.6 cm³/mol. The van der Waals surface area contributed by atoms with Gasteiger partial charge in [0.05, 0.1) is 0 Å². The number of hydrogen-bond donors (Lipinski definition) is 2. The molecule has 1 atom stereocenters. The number of hydrogen-bond acceptors (Lipinski definition) is 3. The topological polar surface area (TPSA) is 64.9 Å². The number of nitrogens with zero attached hydrogens (tertiary/aromatic N) is 1. The first kappa shape index (κ1) is 9.16. The van der Waals surface area contributed by atoms with Crippen LogP contribution < -0.4 is 11.5 Å². The van der Waals surface area contributed by atoms with Crippen molar-refractivity contribution >= 4 is 0 Å². The van der Waals surface area contributed by atoms with Gasteiger partial charge in [0.1, 0.15) is 0 Å². The first-order valence-corrected chi connectivity index (χ1v) is 4.03. The van der Waals surface area contributed by atoms with Gasteiger partial charge < -0.3 is 11.5 Å². The maximum atomic E-state index is 5.88. The van der Waals surface area contributed by atoms with E-state index in [0.717, 1.165) is 12.1 Å². The second kappa shape index (κ2) is 3.65. The Morgan fingerprint density at radius 3 is 2.75 bits per heavy atom. The fraction of sp³-hybridized carbons (Fsp3) is 0.444. The van der Waals surface area contributed by atoms with Gasteiger partial charge in [-0.3, -0.25) is 4.98 Å². The van der Waals surface area contributed by atoms with Gasteiger partial charge in [-0.15, -0.1) is 0 Å². The van der Waals surface area contributed by atoms with Crippen molar-refractivity contribution in [2.24, 2.45) is 11.5 Å². The van der Waals surface area contributed by atoms with Gasteiger partial charge in [-0.25, -0.2) is 0 Å².